The number of nitrogens with two attached hydrogens (primary N) is 1. The minimum atomic E-state index is 0.336. The molecule has 17 heavy (non-hydrogen) atoms. The van der Waals surface area contributed by atoms with Crippen molar-refractivity contribution >= 4 is 5.82 Å². The van der Waals surface area contributed by atoms with Gasteiger partial charge >= 0.3 is 0 Å². The Labute approximate surface area is 103 Å². The second-order valence-corrected chi connectivity index (χ2v) is 4.60. The van der Waals surface area contributed by atoms with Crippen LogP contribution in [0.2, 0.25) is 0 Å². The Morgan fingerprint density at radius 2 is 2.35 bits per heavy atom. The van der Waals surface area contributed by atoms with Crippen LogP contribution in [-0.4, -0.2) is 37.3 Å². The molecule has 4 heteroatoms. The summed E-state index contributed by atoms with van der Waals surface area (Å²) < 4.78 is 5.43. The second-order valence-electron chi connectivity index (χ2n) is 4.60. The molecule has 1 aromatic rings. The smallest absolute Gasteiger partial charge is 0.129 e. The molecule has 2 unspecified atom stereocenters. The van der Waals surface area contributed by atoms with Crippen LogP contribution in [0, 0.1) is 6.92 Å². The van der Waals surface area contributed by atoms with Crippen LogP contribution in [0.3, 0.4) is 0 Å². The Hall–Kier alpha value is -1.13. The van der Waals surface area contributed by atoms with Crippen LogP contribution in [-0.2, 0) is 4.74 Å². The maximum atomic E-state index is 5.86. The van der Waals surface area contributed by atoms with Gasteiger partial charge in [0.25, 0.3) is 0 Å². The van der Waals surface area contributed by atoms with Gasteiger partial charge in [0.1, 0.15) is 5.82 Å². The van der Waals surface area contributed by atoms with Gasteiger partial charge in [0, 0.05) is 31.9 Å². The highest BCUT2D eigenvalue weighted by Gasteiger charge is 2.28. The van der Waals surface area contributed by atoms with Gasteiger partial charge in [-0.3, -0.25) is 0 Å². The molecular formula is C13H21N3O. The number of anilines is 1. The van der Waals surface area contributed by atoms with Crippen LogP contribution in [0.25, 0.3) is 0 Å². The number of methoxy groups -OCH3 is 1. The molecule has 4 nitrogen and oxygen atoms in total. The Kier molecular flexibility index (Phi) is 3.97. The number of hydrogen-bond donors (Lipinski definition) is 1. The molecule has 1 fully saturated rings. The van der Waals surface area contributed by atoms with Crippen molar-refractivity contribution in [1.29, 1.82) is 0 Å². The average Bonchev–Trinajstić information content (AvgIpc) is 2.38. The molecule has 1 saturated heterocycles. The lowest BCUT2D eigenvalue weighted by atomic mass is 9.99. The van der Waals surface area contributed by atoms with Crippen molar-refractivity contribution in [1.82, 2.24) is 4.98 Å². The summed E-state index contributed by atoms with van der Waals surface area (Å²) in [5, 5.41) is 0. The molecule has 0 bridgehead atoms. The van der Waals surface area contributed by atoms with E-state index in [0.29, 0.717) is 18.7 Å². The molecular weight excluding hydrogens is 214 g/mol. The molecule has 94 valence electrons. The third kappa shape index (κ3) is 2.76. The first-order valence-electron chi connectivity index (χ1n) is 6.17. The van der Waals surface area contributed by atoms with E-state index in [1.807, 2.05) is 19.1 Å². The molecule has 2 heterocycles. The summed E-state index contributed by atoms with van der Waals surface area (Å²) in [5.74, 6) is 1.04. The molecule has 0 aromatic carbocycles. The van der Waals surface area contributed by atoms with Crippen molar-refractivity contribution in [2.45, 2.75) is 31.9 Å². The number of piperidine rings is 1. The van der Waals surface area contributed by atoms with Crippen LogP contribution < -0.4 is 10.6 Å². The SMILES string of the molecule is COC1CCN(c2cccc(C)n2)C(CN)C1. The van der Waals surface area contributed by atoms with Crippen LogP contribution >= 0.6 is 0 Å². The standard InChI is InChI=1S/C13H21N3O/c1-10-4-3-5-13(15-10)16-7-6-12(17-2)8-11(16)9-14/h3-5,11-12H,6-9,14H2,1-2H3. The lowest BCUT2D eigenvalue weighted by molar-refractivity contribution is 0.0708. The minimum Gasteiger partial charge on any atom is -0.381 e. The van der Waals surface area contributed by atoms with E-state index < -0.39 is 0 Å². The Bertz CT molecular complexity index is 369. The molecule has 0 radical (unpaired) electrons. The summed E-state index contributed by atoms with van der Waals surface area (Å²) in [6.45, 7) is 3.63. The van der Waals surface area contributed by atoms with E-state index in [-0.39, 0.29) is 0 Å². The highest BCUT2D eigenvalue weighted by atomic mass is 16.5. The lowest BCUT2D eigenvalue weighted by Crippen LogP contribution is -2.49. The van der Waals surface area contributed by atoms with E-state index in [4.69, 9.17) is 10.5 Å². The molecule has 0 amide bonds. The van der Waals surface area contributed by atoms with Crippen molar-refractivity contribution < 1.29 is 4.74 Å². The Balaban J connectivity index is 2.15. The lowest BCUT2D eigenvalue weighted by Gasteiger charge is -2.39. The quantitative estimate of drug-likeness (QED) is 0.859. The van der Waals surface area contributed by atoms with Gasteiger partial charge in [-0.05, 0) is 31.9 Å². The van der Waals surface area contributed by atoms with Crippen molar-refractivity contribution in [2.75, 3.05) is 25.1 Å². The van der Waals surface area contributed by atoms with Crippen LogP contribution in [0.5, 0.6) is 0 Å². The van der Waals surface area contributed by atoms with E-state index in [1.165, 1.54) is 0 Å². The van der Waals surface area contributed by atoms with E-state index >= 15 is 0 Å². The summed E-state index contributed by atoms with van der Waals surface area (Å²) in [6.07, 6.45) is 2.37. The van der Waals surface area contributed by atoms with E-state index in [2.05, 4.69) is 16.0 Å². The Morgan fingerprint density at radius 3 is 3.00 bits per heavy atom. The Morgan fingerprint density at radius 1 is 1.53 bits per heavy atom. The summed E-state index contributed by atoms with van der Waals surface area (Å²) in [6, 6.07) is 6.46. The van der Waals surface area contributed by atoms with Gasteiger partial charge in [0.2, 0.25) is 0 Å². The van der Waals surface area contributed by atoms with E-state index in [0.717, 1.165) is 30.9 Å². The normalized spacial score (nSPS) is 25.0. The number of pyridine rings is 1. The van der Waals surface area contributed by atoms with Gasteiger partial charge in [-0.15, -0.1) is 0 Å². The van der Waals surface area contributed by atoms with Crippen LogP contribution in [0.15, 0.2) is 18.2 Å². The maximum absolute atomic E-state index is 5.86. The fourth-order valence-electron chi connectivity index (χ4n) is 2.44. The van der Waals surface area contributed by atoms with Crippen LogP contribution in [0.4, 0.5) is 5.82 Å². The number of rotatable bonds is 3. The highest BCUT2D eigenvalue weighted by Crippen LogP contribution is 2.24. The minimum absolute atomic E-state index is 0.336. The van der Waals surface area contributed by atoms with Crippen molar-refractivity contribution in [3.05, 3.63) is 23.9 Å². The molecule has 2 N–H and O–H groups in total. The van der Waals surface area contributed by atoms with Crippen molar-refractivity contribution in [2.24, 2.45) is 5.73 Å². The average molecular weight is 235 g/mol. The first-order valence-corrected chi connectivity index (χ1v) is 6.17. The molecule has 0 spiro atoms. The molecule has 0 aliphatic carbocycles. The molecule has 0 saturated carbocycles. The van der Waals surface area contributed by atoms with Gasteiger partial charge in [-0.25, -0.2) is 4.98 Å². The highest BCUT2D eigenvalue weighted by molar-refractivity contribution is 5.41. The fraction of sp³-hybridized carbons (Fsp3) is 0.615. The maximum Gasteiger partial charge on any atom is 0.129 e. The van der Waals surface area contributed by atoms with Crippen molar-refractivity contribution in [3.8, 4) is 0 Å². The van der Waals surface area contributed by atoms with Gasteiger partial charge in [-0.1, -0.05) is 6.07 Å². The molecule has 2 rings (SSSR count). The second kappa shape index (κ2) is 5.47. The summed E-state index contributed by atoms with van der Waals surface area (Å²) in [4.78, 5) is 6.88. The number of aromatic nitrogens is 1. The largest absolute Gasteiger partial charge is 0.381 e. The molecule has 2 atom stereocenters. The molecule has 1 aromatic heterocycles. The number of ether oxygens (including phenoxy) is 1. The monoisotopic (exact) mass is 235 g/mol. The number of nitrogens with zero attached hydrogens (tertiary/aromatic N) is 2. The van der Waals surface area contributed by atoms with Gasteiger partial charge in [0.15, 0.2) is 0 Å². The predicted octanol–water partition coefficient (Wildman–Crippen LogP) is 1.33. The summed E-state index contributed by atoms with van der Waals surface area (Å²) in [7, 11) is 1.78. The zero-order valence-electron chi connectivity index (χ0n) is 10.6. The zero-order valence-corrected chi connectivity index (χ0v) is 10.6. The molecule has 1 aliphatic rings. The van der Waals surface area contributed by atoms with E-state index in [1.54, 1.807) is 7.11 Å². The van der Waals surface area contributed by atoms with Crippen LogP contribution in [0.1, 0.15) is 18.5 Å². The first kappa shape index (κ1) is 12.3. The molecule has 1 aliphatic heterocycles. The van der Waals surface area contributed by atoms with Crippen molar-refractivity contribution in [3.63, 3.8) is 0 Å². The number of hydrogen-bond acceptors (Lipinski definition) is 4. The third-order valence-corrected chi connectivity index (χ3v) is 3.44. The van der Waals surface area contributed by atoms with Gasteiger partial charge in [0.05, 0.1) is 6.10 Å². The fourth-order valence-corrected chi connectivity index (χ4v) is 2.44. The summed E-state index contributed by atoms with van der Waals surface area (Å²) in [5.41, 5.74) is 6.91. The first-order chi connectivity index (χ1) is 8.24. The third-order valence-electron chi connectivity index (χ3n) is 3.44. The predicted molar refractivity (Wildman–Crippen MR) is 69.2 cm³/mol. The summed E-state index contributed by atoms with van der Waals surface area (Å²) >= 11 is 0. The number of aryl methyl sites for hydroxylation is 1. The van der Waals surface area contributed by atoms with Gasteiger partial charge in [-0.2, -0.15) is 0 Å². The zero-order chi connectivity index (χ0) is 12.3. The van der Waals surface area contributed by atoms with E-state index in [9.17, 15) is 0 Å². The topological polar surface area (TPSA) is 51.4 Å². The van der Waals surface area contributed by atoms with Gasteiger partial charge < -0.3 is 15.4 Å².